The topological polar surface area (TPSA) is 116 Å². The van der Waals surface area contributed by atoms with Gasteiger partial charge in [-0.25, -0.2) is 18.4 Å². The van der Waals surface area contributed by atoms with E-state index in [-0.39, 0.29) is 4.90 Å². The van der Waals surface area contributed by atoms with Gasteiger partial charge in [0.2, 0.25) is 10.0 Å². The van der Waals surface area contributed by atoms with Crippen LogP contribution in [-0.4, -0.2) is 26.4 Å². The molecule has 8 heteroatoms. The lowest BCUT2D eigenvalue weighted by Gasteiger charge is -2.12. The number of rotatable bonds is 7. The molecule has 3 N–H and O–H groups in total. The summed E-state index contributed by atoms with van der Waals surface area (Å²) in [5.41, 5.74) is 2.40. The van der Waals surface area contributed by atoms with Crippen LogP contribution in [0.2, 0.25) is 0 Å². The minimum absolute atomic E-state index is 0.0680. The molecule has 0 heterocycles. The predicted octanol–water partition coefficient (Wildman–Crippen LogP) is 3.04. The van der Waals surface area contributed by atoms with Gasteiger partial charge in [-0.1, -0.05) is 38.1 Å². The van der Waals surface area contributed by atoms with Gasteiger partial charge in [-0.15, -0.1) is 0 Å². The first-order valence-corrected chi connectivity index (χ1v) is 10.5. The van der Waals surface area contributed by atoms with Crippen LogP contribution < -0.4 is 10.5 Å². The molecule has 2 aromatic carbocycles. The van der Waals surface area contributed by atoms with E-state index in [1.54, 1.807) is 6.08 Å². The van der Waals surface area contributed by atoms with Crippen molar-refractivity contribution in [3.63, 3.8) is 0 Å². The van der Waals surface area contributed by atoms with Gasteiger partial charge < -0.3 is 10.1 Å². The van der Waals surface area contributed by atoms with Crippen LogP contribution in [0, 0.1) is 0 Å². The van der Waals surface area contributed by atoms with Gasteiger partial charge in [-0.3, -0.25) is 4.79 Å². The van der Waals surface area contributed by atoms with Crippen molar-refractivity contribution in [3.05, 3.63) is 65.7 Å². The summed E-state index contributed by atoms with van der Waals surface area (Å²) in [6.07, 6.45) is 1.84. The number of carbonyl (C=O) groups excluding carboxylic acids is 2. The standard InChI is InChI=1S/C21H24N2O5S/c1-14(2)17-7-4-16(5-8-17)6-13-20(24)28-15(3)21(25)23-18-9-11-19(12-10-18)29(22,26)27/h4-15H,1-3H3,(H,23,25)(H2,22,26,27)/b13-6+. The van der Waals surface area contributed by atoms with E-state index in [0.717, 1.165) is 5.56 Å². The monoisotopic (exact) mass is 416 g/mol. The van der Waals surface area contributed by atoms with E-state index in [1.807, 2.05) is 24.3 Å². The van der Waals surface area contributed by atoms with Crippen LogP contribution in [0.3, 0.4) is 0 Å². The number of hydrogen-bond donors (Lipinski definition) is 2. The van der Waals surface area contributed by atoms with Crippen LogP contribution in [-0.2, 0) is 24.3 Å². The summed E-state index contributed by atoms with van der Waals surface area (Å²) in [6, 6.07) is 13.1. The molecule has 0 aromatic heterocycles. The fourth-order valence-corrected chi connectivity index (χ4v) is 2.91. The quantitative estimate of drug-likeness (QED) is 0.532. The first-order chi connectivity index (χ1) is 13.6. The van der Waals surface area contributed by atoms with Gasteiger partial charge in [-0.2, -0.15) is 0 Å². The van der Waals surface area contributed by atoms with Crippen molar-refractivity contribution in [1.29, 1.82) is 0 Å². The number of ether oxygens (including phenoxy) is 1. The molecule has 0 fully saturated rings. The maximum Gasteiger partial charge on any atom is 0.331 e. The molecule has 0 saturated heterocycles. The van der Waals surface area contributed by atoms with Crippen LogP contribution in [0.5, 0.6) is 0 Å². The third-order valence-corrected chi connectivity index (χ3v) is 5.06. The second-order valence-corrected chi connectivity index (χ2v) is 8.35. The number of anilines is 1. The number of carbonyl (C=O) groups is 2. The summed E-state index contributed by atoms with van der Waals surface area (Å²) < 4.78 is 27.6. The van der Waals surface area contributed by atoms with Crippen molar-refractivity contribution in [3.8, 4) is 0 Å². The molecule has 0 radical (unpaired) electrons. The predicted molar refractivity (Wildman–Crippen MR) is 112 cm³/mol. The number of primary sulfonamides is 1. The summed E-state index contributed by atoms with van der Waals surface area (Å²) in [5.74, 6) is -0.769. The van der Waals surface area contributed by atoms with E-state index in [4.69, 9.17) is 9.88 Å². The van der Waals surface area contributed by atoms with Crippen molar-refractivity contribution in [1.82, 2.24) is 0 Å². The second kappa shape index (κ2) is 9.49. The lowest BCUT2D eigenvalue weighted by Crippen LogP contribution is -2.29. The number of esters is 1. The van der Waals surface area contributed by atoms with Gasteiger partial charge in [0.1, 0.15) is 0 Å². The molecule has 154 valence electrons. The van der Waals surface area contributed by atoms with Crippen molar-refractivity contribution in [2.75, 3.05) is 5.32 Å². The van der Waals surface area contributed by atoms with E-state index in [0.29, 0.717) is 11.6 Å². The zero-order chi connectivity index (χ0) is 21.6. The summed E-state index contributed by atoms with van der Waals surface area (Å²) in [5, 5.41) is 7.56. The molecule has 0 aliphatic heterocycles. The lowest BCUT2D eigenvalue weighted by molar-refractivity contribution is -0.148. The molecule has 1 unspecified atom stereocenters. The van der Waals surface area contributed by atoms with E-state index >= 15 is 0 Å². The maximum absolute atomic E-state index is 12.1. The van der Waals surface area contributed by atoms with Gasteiger partial charge >= 0.3 is 5.97 Å². The molecular weight excluding hydrogens is 392 g/mol. The Kier molecular flexibility index (Phi) is 7.30. The summed E-state index contributed by atoms with van der Waals surface area (Å²) in [7, 11) is -3.81. The Morgan fingerprint density at radius 1 is 1.00 bits per heavy atom. The number of amides is 1. The van der Waals surface area contributed by atoms with E-state index in [9.17, 15) is 18.0 Å². The Morgan fingerprint density at radius 3 is 2.10 bits per heavy atom. The molecule has 1 atom stereocenters. The molecule has 0 saturated carbocycles. The van der Waals surface area contributed by atoms with Crippen molar-refractivity contribution in [2.24, 2.45) is 5.14 Å². The highest BCUT2D eigenvalue weighted by atomic mass is 32.2. The Balaban J connectivity index is 1.90. The molecule has 29 heavy (non-hydrogen) atoms. The van der Waals surface area contributed by atoms with E-state index in [2.05, 4.69) is 19.2 Å². The molecular formula is C21H24N2O5S. The zero-order valence-electron chi connectivity index (χ0n) is 16.5. The highest BCUT2D eigenvalue weighted by Crippen LogP contribution is 2.16. The molecule has 1 amide bonds. The molecule has 2 aromatic rings. The highest BCUT2D eigenvalue weighted by Gasteiger charge is 2.17. The van der Waals surface area contributed by atoms with Crippen molar-refractivity contribution in [2.45, 2.75) is 37.7 Å². The van der Waals surface area contributed by atoms with Gasteiger partial charge in [0.05, 0.1) is 4.90 Å². The average molecular weight is 416 g/mol. The van der Waals surface area contributed by atoms with Crippen LogP contribution in [0.15, 0.2) is 59.5 Å². The highest BCUT2D eigenvalue weighted by molar-refractivity contribution is 7.89. The summed E-state index contributed by atoms with van der Waals surface area (Å²) in [4.78, 5) is 24.0. The summed E-state index contributed by atoms with van der Waals surface area (Å²) in [6.45, 7) is 5.64. The van der Waals surface area contributed by atoms with Gasteiger partial charge in [0.15, 0.2) is 6.10 Å². The second-order valence-electron chi connectivity index (χ2n) is 6.79. The Labute approximate surface area is 170 Å². The van der Waals surface area contributed by atoms with Crippen LogP contribution in [0.4, 0.5) is 5.69 Å². The fourth-order valence-electron chi connectivity index (χ4n) is 2.40. The number of sulfonamides is 1. The number of nitrogens with one attached hydrogen (secondary N) is 1. The molecule has 0 aliphatic rings. The number of benzene rings is 2. The third kappa shape index (κ3) is 6.85. The molecule has 0 aliphatic carbocycles. The average Bonchev–Trinajstić information content (AvgIpc) is 2.66. The summed E-state index contributed by atoms with van der Waals surface area (Å²) >= 11 is 0. The SMILES string of the molecule is CC(OC(=O)/C=C/c1ccc(C(C)C)cc1)C(=O)Nc1ccc(S(N)(=O)=O)cc1. The molecule has 0 spiro atoms. The molecule has 2 rings (SSSR count). The van der Waals surface area contributed by atoms with Gasteiger partial charge in [-0.05, 0) is 54.3 Å². The molecule has 7 nitrogen and oxygen atoms in total. The van der Waals surface area contributed by atoms with E-state index < -0.39 is 28.0 Å². The first kappa shape index (κ1) is 22.3. The smallest absolute Gasteiger partial charge is 0.331 e. The fraction of sp³-hybridized carbons (Fsp3) is 0.238. The normalized spacial score (nSPS) is 12.7. The van der Waals surface area contributed by atoms with Crippen LogP contribution in [0.25, 0.3) is 6.08 Å². The number of nitrogens with two attached hydrogens (primary N) is 1. The van der Waals surface area contributed by atoms with Crippen molar-refractivity contribution < 1.29 is 22.7 Å². The first-order valence-electron chi connectivity index (χ1n) is 8.98. The lowest BCUT2D eigenvalue weighted by atomic mass is 10.0. The maximum atomic E-state index is 12.1. The Hall–Kier alpha value is -2.97. The minimum atomic E-state index is -3.81. The molecule has 0 bridgehead atoms. The Morgan fingerprint density at radius 2 is 1.59 bits per heavy atom. The van der Waals surface area contributed by atoms with Gasteiger partial charge in [0, 0.05) is 11.8 Å². The largest absolute Gasteiger partial charge is 0.449 e. The third-order valence-electron chi connectivity index (χ3n) is 4.13. The van der Waals surface area contributed by atoms with Gasteiger partial charge in [0.25, 0.3) is 5.91 Å². The van der Waals surface area contributed by atoms with E-state index in [1.165, 1.54) is 42.8 Å². The number of hydrogen-bond acceptors (Lipinski definition) is 5. The van der Waals surface area contributed by atoms with Crippen LogP contribution >= 0.6 is 0 Å². The zero-order valence-corrected chi connectivity index (χ0v) is 17.3. The van der Waals surface area contributed by atoms with Crippen LogP contribution in [0.1, 0.15) is 37.8 Å². The van der Waals surface area contributed by atoms with Crippen molar-refractivity contribution >= 4 is 33.7 Å². The Bertz CT molecular complexity index is 994. The minimum Gasteiger partial charge on any atom is -0.449 e.